The summed E-state index contributed by atoms with van der Waals surface area (Å²) in [6.45, 7) is 2.38. The van der Waals surface area contributed by atoms with Gasteiger partial charge in [0.15, 0.2) is 5.69 Å². The average Bonchev–Trinajstić information content (AvgIpc) is 3.65. The minimum Gasteiger partial charge on any atom is -0.464 e. The predicted octanol–water partition coefficient (Wildman–Crippen LogP) is 5.66. The minimum absolute atomic E-state index is 0.0602. The topological polar surface area (TPSA) is 99.8 Å². The molecular weight excluding hydrogens is 529 g/mol. The summed E-state index contributed by atoms with van der Waals surface area (Å²) in [5, 5.41) is 4.17. The fraction of sp³-hybridized carbons (Fsp3) is 0.500. The highest BCUT2D eigenvalue weighted by molar-refractivity contribution is 5.86. The lowest BCUT2D eigenvalue weighted by Gasteiger charge is -2.40. The smallest absolute Gasteiger partial charge is 0.464 e. The second-order valence-electron chi connectivity index (χ2n) is 10.7. The number of piperidine rings is 1. The molecule has 2 saturated heterocycles. The highest BCUT2D eigenvalue weighted by Crippen LogP contribution is 2.47. The van der Waals surface area contributed by atoms with Crippen LogP contribution >= 0.6 is 0 Å². The largest absolute Gasteiger partial charge is 0.573 e. The van der Waals surface area contributed by atoms with E-state index in [1.807, 2.05) is 0 Å². The standard InChI is InChI=1S/C28H29F3N4O5/c1-15-9-17-10-18(11-22(15)35(17)24-13-32-21(12-33-24)27(36)37-2)38-14-20-25(34-40-26(20)16-7-8-16)19-5-3-4-6-23(19)39-28(29,30)31/h3-6,12-13,15-18,22H,7-11,14H2,1-2H3/t15-,17?,18?,22?/m1/s1. The molecule has 2 bridgehead atoms. The van der Waals surface area contributed by atoms with Crippen molar-refractivity contribution in [3.63, 3.8) is 0 Å². The molecule has 4 atom stereocenters. The van der Waals surface area contributed by atoms with E-state index in [0.717, 1.165) is 32.1 Å². The maximum Gasteiger partial charge on any atom is 0.573 e. The summed E-state index contributed by atoms with van der Waals surface area (Å²) in [7, 11) is 1.30. The molecule has 9 nitrogen and oxygen atoms in total. The Labute approximate surface area is 228 Å². The van der Waals surface area contributed by atoms with E-state index in [2.05, 4.69) is 31.7 Å². The molecule has 40 heavy (non-hydrogen) atoms. The van der Waals surface area contributed by atoms with Crippen LogP contribution in [0.2, 0.25) is 0 Å². The second-order valence-corrected chi connectivity index (χ2v) is 10.7. The number of alkyl halides is 3. The van der Waals surface area contributed by atoms with Gasteiger partial charge in [0, 0.05) is 29.1 Å². The van der Waals surface area contributed by atoms with E-state index < -0.39 is 12.3 Å². The number of para-hydroxylation sites is 1. The molecule has 0 spiro atoms. The Balaban J connectivity index is 1.20. The summed E-state index contributed by atoms with van der Waals surface area (Å²) in [4.78, 5) is 22.7. The van der Waals surface area contributed by atoms with Crippen molar-refractivity contribution < 1.29 is 36.7 Å². The first-order valence-electron chi connectivity index (χ1n) is 13.4. The summed E-state index contributed by atoms with van der Waals surface area (Å²) in [5.41, 5.74) is 1.36. The van der Waals surface area contributed by atoms with E-state index in [9.17, 15) is 18.0 Å². The number of esters is 1. The van der Waals surface area contributed by atoms with Crippen LogP contribution in [0.1, 0.15) is 66.8 Å². The van der Waals surface area contributed by atoms with Gasteiger partial charge in [-0.15, -0.1) is 13.2 Å². The highest BCUT2D eigenvalue weighted by atomic mass is 19.4. The Morgan fingerprint density at radius 3 is 2.60 bits per heavy atom. The summed E-state index contributed by atoms with van der Waals surface area (Å²) in [6, 6.07) is 6.31. The van der Waals surface area contributed by atoms with Gasteiger partial charge in [-0.25, -0.2) is 14.8 Å². The number of hydrogen-bond acceptors (Lipinski definition) is 9. The first-order chi connectivity index (χ1) is 19.2. The van der Waals surface area contributed by atoms with Gasteiger partial charge in [0.1, 0.15) is 23.0 Å². The third kappa shape index (κ3) is 5.24. The monoisotopic (exact) mass is 558 g/mol. The zero-order chi connectivity index (χ0) is 28.0. The van der Waals surface area contributed by atoms with Gasteiger partial charge in [0.05, 0.1) is 32.2 Å². The quantitative estimate of drug-likeness (QED) is 0.325. The van der Waals surface area contributed by atoms with Crippen molar-refractivity contribution in [3.05, 3.63) is 53.7 Å². The number of halogens is 3. The van der Waals surface area contributed by atoms with Gasteiger partial charge >= 0.3 is 12.3 Å². The maximum absolute atomic E-state index is 13.1. The van der Waals surface area contributed by atoms with Crippen molar-refractivity contribution in [2.24, 2.45) is 5.92 Å². The third-order valence-electron chi connectivity index (χ3n) is 7.99. The number of hydrogen-bond donors (Lipinski definition) is 0. The Hall–Kier alpha value is -3.67. The van der Waals surface area contributed by atoms with Crippen LogP contribution < -0.4 is 9.64 Å². The summed E-state index contributed by atoms with van der Waals surface area (Å²) in [6.07, 6.45) is 2.52. The molecule has 4 heterocycles. The van der Waals surface area contributed by atoms with Crippen molar-refractivity contribution in [1.82, 2.24) is 15.1 Å². The maximum atomic E-state index is 13.1. The molecule has 12 heteroatoms. The lowest BCUT2D eigenvalue weighted by atomic mass is 9.97. The van der Waals surface area contributed by atoms with E-state index >= 15 is 0 Å². The molecule has 3 fully saturated rings. The number of rotatable bonds is 8. The Morgan fingerprint density at radius 1 is 1.12 bits per heavy atom. The number of benzene rings is 1. The lowest BCUT2D eigenvalue weighted by molar-refractivity contribution is -0.274. The van der Waals surface area contributed by atoms with Crippen molar-refractivity contribution in [1.29, 1.82) is 0 Å². The van der Waals surface area contributed by atoms with E-state index in [4.69, 9.17) is 14.0 Å². The average molecular weight is 559 g/mol. The molecule has 212 valence electrons. The zero-order valence-electron chi connectivity index (χ0n) is 22.1. The number of nitrogens with zero attached hydrogens (tertiary/aromatic N) is 4. The van der Waals surface area contributed by atoms with Crippen molar-refractivity contribution >= 4 is 11.8 Å². The molecule has 3 aliphatic rings. The molecule has 0 radical (unpaired) electrons. The van der Waals surface area contributed by atoms with Crippen LogP contribution in [-0.4, -0.2) is 52.8 Å². The molecule has 3 unspecified atom stereocenters. The number of fused-ring (bicyclic) bond motifs is 2. The van der Waals surface area contributed by atoms with Gasteiger partial charge in [0.2, 0.25) is 0 Å². The fourth-order valence-electron chi connectivity index (χ4n) is 6.04. The molecule has 1 aromatic carbocycles. The Morgan fingerprint density at radius 2 is 1.93 bits per heavy atom. The number of methoxy groups -OCH3 is 1. The van der Waals surface area contributed by atoms with E-state index in [1.165, 1.54) is 25.4 Å². The fourth-order valence-corrected chi connectivity index (χ4v) is 6.04. The third-order valence-corrected chi connectivity index (χ3v) is 7.99. The van der Waals surface area contributed by atoms with Crippen LogP contribution in [0.5, 0.6) is 5.75 Å². The number of ether oxygens (including phenoxy) is 3. The van der Waals surface area contributed by atoms with Crippen LogP contribution in [0, 0.1) is 5.92 Å². The number of carbonyl (C=O) groups is 1. The molecule has 3 aromatic rings. The SMILES string of the molecule is COC(=O)c1cnc(N2C3CC(OCc4c(-c5ccccc5OC(F)(F)F)noc4C4CC4)CC2[C@H](C)C3)cn1. The van der Waals surface area contributed by atoms with Crippen LogP contribution in [0.4, 0.5) is 19.0 Å². The van der Waals surface area contributed by atoms with Crippen molar-refractivity contribution in [3.8, 4) is 17.0 Å². The molecule has 6 rings (SSSR count). The van der Waals surface area contributed by atoms with Crippen molar-refractivity contribution in [2.45, 2.75) is 76.1 Å². The normalized spacial score (nSPS) is 24.3. The van der Waals surface area contributed by atoms with Crippen LogP contribution in [0.3, 0.4) is 0 Å². The van der Waals surface area contributed by atoms with Gasteiger partial charge < -0.3 is 23.6 Å². The van der Waals surface area contributed by atoms with Gasteiger partial charge in [-0.3, -0.25) is 0 Å². The van der Waals surface area contributed by atoms with Crippen molar-refractivity contribution in [2.75, 3.05) is 12.0 Å². The predicted molar refractivity (Wildman–Crippen MR) is 136 cm³/mol. The summed E-state index contributed by atoms with van der Waals surface area (Å²) < 4.78 is 60.4. The Bertz CT molecular complexity index is 1380. The molecule has 1 saturated carbocycles. The van der Waals surface area contributed by atoms with Gasteiger partial charge in [-0.05, 0) is 50.2 Å². The molecule has 1 aliphatic carbocycles. The first kappa shape index (κ1) is 26.5. The second kappa shape index (κ2) is 10.4. The summed E-state index contributed by atoms with van der Waals surface area (Å²) in [5.74, 6) is 1.12. The minimum atomic E-state index is -4.83. The number of anilines is 1. The Kier molecular flexibility index (Phi) is 6.89. The molecule has 0 N–H and O–H groups in total. The van der Waals surface area contributed by atoms with E-state index in [0.29, 0.717) is 28.8 Å². The highest BCUT2D eigenvalue weighted by Gasteiger charge is 2.46. The molecule has 2 aromatic heterocycles. The number of carbonyl (C=O) groups excluding carboxylic acids is 1. The molecule has 2 aliphatic heterocycles. The molecular formula is C28H29F3N4O5. The van der Waals surface area contributed by atoms with Gasteiger partial charge in [-0.2, -0.15) is 0 Å². The first-order valence-corrected chi connectivity index (χ1v) is 13.4. The molecule has 0 amide bonds. The van der Waals surface area contributed by atoms with Gasteiger partial charge in [0.25, 0.3) is 0 Å². The van der Waals surface area contributed by atoms with Crippen LogP contribution in [-0.2, 0) is 16.1 Å². The van der Waals surface area contributed by atoms with E-state index in [-0.39, 0.29) is 47.7 Å². The zero-order valence-corrected chi connectivity index (χ0v) is 22.1. The van der Waals surface area contributed by atoms with E-state index in [1.54, 1.807) is 18.3 Å². The lowest BCUT2D eigenvalue weighted by Crippen LogP contribution is -2.47. The van der Waals surface area contributed by atoms with Crippen LogP contribution in [0.15, 0.2) is 41.2 Å². The van der Waals surface area contributed by atoms with Crippen LogP contribution in [0.25, 0.3) is 11.3 Å². The number of aromatic nitrogens is 3. The van der Waals surface area contributed by atoms with Gasteiger partial charge in [-0.1, -0.05) is 24.2 Å². The summed E-state index contributed by atoms with van der Waals surface area (Å²) >= 11 is 0.